The Morgan fingerprint density at radius 3 is 2.72 bits per heavy atom. The first kappa shape index (κ1) is 18.9. The van der Waals surface area contributed by atoms with E-state index in [1.165, 1.54) is 5.56 Å². The van der Waals surface area contributed by atoms with Gasteiger partial charge in [-0.2, -0.15) is 0 Å². The predicted octanol–water partition coefficient (Wildman–Crippen LogP) is 4.98. The molecule has 4 aromatic rings. The van der Waals surface area contributed by atoms with E-state index in [1.807, 2.05) is 60.0 Å². The Hall–Kier alpha value is -3.41. The van der Waals surface area contributed by atoms with Crippen molar-refractivity contribution in [1.29, 1.82) is 0 Å². The van der Waals surface area contributed by atoms with Crippen LogP contribution in [0.1, 0.15) is 31.2 Å². The molecule has 0 atom stereocenters. The highest BCUT2D eigenvalue weighted by Crippen LogP contribution is 2.22. The molecule has 148 valence electrons. The van der Waals surface area contributed by atoms with Crippen molar-refractivity contribution in [1.82, 2.24) is 14.5 Å². The summed E-state index contributed by atoms with van der Waals surface area (Å²) in [6.07, 6.45) is 3.38. The number of carbonyl (C=O) groups is 1. The highest BCUT2D eigenvalue weighted by Gasteiger charge is 2.14. The van der Waals surface area contributed by atoms with E-state index in [4.69, 9.17) is 4.42 Å². The van der Waals surface area contributed by atoms with Gasteiger partial charge in [0.05, 0.1) is 17.2 Å². The number of aromatic nitrogens is 3. The van der Waals surface area contributed by atoms with Crippen LogP contribution < -0.4 is 5.32 Å². The second-order valence-corrected chi connectivity index (χ2v) is 7.11. The number of anilines is 1. The Kier molecular flexibility index (Phi) is 5.42. The number of nitrogens with zero attached hydrogens (tertiary/aromatic N) is 3. The molecule has 0 fully saturated rings. The summed E-state index contributed by atoms with van der Waals surface area (Å²) in [4.78, 5) is 21.4. The van der Waals surface area contributed by atoms with Crippen molar-refractivity contribution in [2.75, 3.05) is 5.32 Å². The number of nitrogens with one attached hydrogen (secondary N) is 1. The van der Waals surface area contributed by atoms with Gasteiger partial charge in [0.25, 0.3) is 0 Å². The summed E-state index contributed by atoms with van der Waals surface area (Å²) < 4.78 is 7.86. The highest BCUT2D eigenvalue weighted by atomic mass is 16.4. The van der Waals surface area contributed by atoms with Crippen LogP contribution in [0, 0.1) is 6.92 Å². The topological polar surface area (TPSA) is 73.0 Å². The largest absolute Gasteiger partial charge is 0.441 e. The van der Waals surface area contributed by atoms with E-state index in [1.54, 1.807) is 6.20 Å². The molecule has 6 nitrogen and oxygen atoms in total. The Bertz CT molecular complexity index is 1130. The molecule has 1 amide bonds. The van der Waals surface area contributed by atoms with E-state index < -0.39 is 0 Å². The number of rotatable bonds is 7. The van der Waals surface area contributed by atoms with Gasteiger partial charge in [-0.25, -0.2) is 9.97 Å². The molecule has 0 spiro atoms. The third-order valence-corrected chi connectivity index (χ3v) is 4.81. The first-order chi connectivity index (χ1) is 14.1. The maximum Gasteiger partial charge on any atom is 0.227 e. The molecule has 0 aliphatic rings. The van der Waals surface area contributed by atoms with Gasteiger partial charge in [0.15, 0.2) is 11.7 Å². The van der Waals surface area contributed by atoms with Crippen LogP contribution in [-0.4, -0.2) is 20.4 Å². The van der Waals surface area contributed by atoms with E-state index in [-0.39, 0.29) is 12.3 Å². The van der Waals surface area contributed by atoms with Gasteiger partial charge in [-0.3, -0.25) is 10.1 Å². The molecule has 0 aliphatic carbocycles. The van der Waals surface area contributed by atoms with Gasteiger partial charge in [0, 0.05) is 24.9 Å². The first-order valence-electron chi connectivity index (χ1n) is 9.91. The van der Waals surface area contributed by atoms with E-state index in [0.29, 0.717) is 24.0 Å². The van der Waals surface area contributed by atoms with Crippen molar-refractivity contribution in [3.63, 3.8) is 0 Å². The van der Waals surface area contributed by atoms with Crippen LogP contribution in [0.2, 0.25) is 0 Å². The van der Waals surface area contributed by atoms with Gasteiger partial charge < -0.3 is 8.98 Å². The lowest BCUT2D eigenvalue weighted by Gasteiger charge is -2.08. The van der Waals surface area contributed by atoms with Crippen molar-refractivity contribution in [3.05, 3.63) is 66.2 Å². The fourth-order valence-electron chi connectivity index (χ4n) is 3.31. The van der Waals surface area contributed by atoms with Crippen LogP contribution >= 0.6 is 0 Å². The number of benzene rings is 2. The monoisotopic (exact) mass is 388 g/mol. The van der Waals surface area contributed by atoms with E-state index in [0.717, 1.165) is 29.6 Å². The van der Waals surface area contributed by atoms with Crippen LogP contribution in [0.3, 0.4) is 0 Å². The molecule has 29 heavy (non-hydrogen) atoms. The molecule has 1 N–H and O–H groups in total. The first-order valence-corrected chi connectivity index (χ1v) is 9.91. The molecule has 0 saturated carbocycles. The minimum Gasteiger partial charge on any atom is -0.441 e. The minimum atomic E-state index is -0.104. The smallest absolute Gasteiger partial charge is 0.227 e. The lowest BCUT2D eigenvalue weighted by Crippen LogP contribution is -2.16. The van der Waals surface area contributed by atoms with Crippen molar-refractivity contribution in [2.45, 2.75) is 39.7 Å². The zero-order chi connectivity index (χ0) is 20.2. The van der Waals surface area contributed by atoms with Gasteiger partial charge in [0.2, 0.25) is 11.9 Å². The minimum absolute atomic E-state index is 0.104. The average Bonchev–Trinajstić information content (AvgIpc) is 3.33. The van der Waals surface area contributed by atoms with E-state index in [2.05, 4.69) is 22.2 Å². The normalized spacial score (nSPS) is 11.1. The molecule has 0 radical (unpaired) electrons. The third-order valence-electron chi connectivity index (χ3n) is 4.81. The van der Waals surface area contributed by atoms with Crippen molar-refractivity contribution >= 4 is 22.9 Å². The van der Waals surface area contributed by atoms with Crippen LogP contribution in [0.15, 0.2) is 59.1 Å². The molecular weight excluding hydrogens is 364 g/mol. The van der Waals surface area contributed by atoms with Gasteiger partial charge >= 0.3 is 0 Å². The van der Waals surface area contributed by atoms with Crippen LogP contribution in [-0.2, 0) is 17.8 Å². The summed E-state index contributed by atoms with van der Waals surface area (Å²) >= 11 is 0. The number of para-hydroxylation sites is 2. The standard InChI is InChI=1S/C23H24N4O2/c1-3-14-27-19-7-5-4-6-18(19)25-23(27)26-21(28)12-13-22-24-15-20(29-22)17-10-8-16(2)9-11-17/h4-11,15H,3,12-14H2,1-2H3,(H,25,26,28). The predicted molar refractivity (Wildman–Crippen MR) is 114 cm³/mol. The molecule has 6 heteroatoms. The van der Waals surface area contributed by atoms with E-state index >= 15 is 0 Å². The SMILES string of the molecule is CCCn1c(NC(=O)CCc2ncc(-c3ccc(C)cc3)o2)nc2ccccc21. The quantitative estimate of drug-likeness (QED) is 0.484. The van der Waals surface area contributed by atoms with E-state index in [9.17, 15) is 4.79 Å². The molecule has 0 aliphatic heterocycles. The zero-order valence-corrected chi connectivity index (χ0v) is 16.7. The zero-order valence-electron chi connectivity index (χ0n) is 16.7. The summed E-state index contributed by atoms with van der Waals surface area (Å²) in [5, 5.41) is 2.94. The van der Waals surface area contributed by atoms with Gasteiger partial charge in [-0.05, 0) is 25.5 Å². The molecule has 2 aromatic carbocycles. The summed E-state index contributed by atoms with van der Waals surface area (Å²) in [6.45, 7) is 4.95. The molecule has 2 heterocycles. The lowest BCUT2D eigenvalue weighted by atomic mass is 10.1. The summed E-state index contributed by atoms with van der Waals surface area (Å²) in [7, 11) is 0. The molecule has 0 saturated heterocycles. The number of aryl methyl sites for hydroxylation is 3. The number of oxazole rings is 1. The number of hydrogen-bond donors (Lipinski definition) is 1. The fourth-order valence-corrected chi connectivity index (χ4v) is 3.31. The molecule has 0 unspecified atom stereocenters. The van der Waals surface area contributed by atoms with Gasteiger partial charge in [-0.1, -0.05) is 48.9 Å². The molecule has 2 aromatic heterocycles. The Morgan fingerprint density at radius 1 is 1.14 bits per heavy atom. The maximum absolute atomic E-state index is 12.5. The van der Waals surface area contributed by atoms with Gasteiger partial charge in [0.1, 0.15) is 0 Å². The summed E-state index contributed by atoms with van der Waals surface area (Å²) in [6, 6.07) is 16.0. The highest BCUT2D eigenvalue weighted by molar-refractivity contribution is 5.91. The van der Waals surface area contributed by atoms with Crippen molar-refractivity contribution in [2.24, 2.45) is 0 Å². The Balaban J connectivity index is 1.41. The second-order valence-electron chi connectivity index (χ2n) is 7.11. The maximum atomic E-state index is 12.5. The second kappa shape index (κ2) is 8.31. The number of imidazole rings is 1. The van der Waals surface area contributed by atoms with Crippen LogP contribution in [0.5, 0.6) is 0 Å². The Labute approximate surface area is 169 Å². The summed E-state index contributed by atoms with van der Waals surface area (Å²) in [5.41, 5.74) is 4.08. The summed E-state index contributed by atoms with van der Waals surface area (Å²) in [5.74, 6) is 1.75. The molecule has 0 bridgehead atoms. The fraction of sp³-hybridized carbons (Fsp3) is 0.261. The number of carbonyl (C=O) groups excluding carboxylic acids is 1. The number of hydrogen-bond acceptors (Lipinski definition) is 4. The number of amides is 1. The lowest BCUT2D eigenvalue weighted by molar-refractivity contribution is -0.116. The molecule has 4 rings (SSSR count). The molecular formula is C23H24N4O2. The van der Waals surface area contributed by atoms with Crippen molar-refractivity contribution in [3.8, 4) is 11.3 Å². The average molecular weight is 388 g/mol. The Morgan fingerprint density at radius 2 is 1.93 bits per heavy atom. The number of fused-ring (bicyclic) bond motifs is 1. The third kappa shape index (κ3) is 4.21. The van der Waals surface area contributed by atoms with Crippen LogP contribution in [0.4, 0.5) is 5.95 Å². The van der Waals surface area contributed by atoms with Crippen molar-refractivity contribution < 1.29 is 9.21 Å². The van der Waals surface area contributed by atoms with Crippen LogP contribution in [0.25, 0.3) is 22.4 Å². The van der Waals surface area contributed by atoms with Gasteiger partial charge in [-0.15, -0.1) is 0 Å².